The average Bonchev–Trinajstić information content (AvgIpc) is 2.26. The lowest BCUT2D eigenvalue weighted by Gasteiger charge is -2.35. The van der Waals surface area contributed by atoms with Gasteiger partial charge in [-0.3, -0.25) is 0 Å². The van der Waals surface area contributed by atoms with E-state index in [1.807, 2.05) is 0 Å². The van der Waals surface area contributed by atoms with Crippen molar-refractivity contribution < 1.29 is 22.7 Å². The molecule has 0 N–H and O–H groups in total. The minimum absolute atomic E-state index is 0.0433. The Kier molecular flexibility index (Phi) is 4.95. The van der Waals surface area contributed by atoms with E-state index in [0.717, 1.165) is 0 Å². The molecular formula is C10H14ClF3N2O2. The number of amides is 1. The fourth-order valence-electron chi connectivity index (χ4n) is 1.93. The van der Waals surface area contributed by atoms with Gasteiger partial charge in [-0.25, -0.2) is 4.79 Å². The maximum Gasteiger partial charge on any atom is 0.452 e. The van der Waals surface area contributed by atoms with Crippen LogP contribution in [0.2, 0.25) is 0 Å². The molecule has 0 bridgehead atoms. The minimum Gasteiger partial charge on any atom is -0.447 e. The van der Waals surface area contributed by atoms with Crippen LogP contribution in [0.15, 0.2) is 10.2 Å². The van der Waals surface area contributed by atoms with Gasteiger partial charge in [0.15, 0.2) is 5.00 Å². The molecule has 2 atom stereocenters. The summed E-state index contributed by atoms with van der Waals surface area (Å²) < 4.78 is 42.9. The molecule has 1 aliphatic rings. The van der Waals surface area contributed by atoms with Gasteiger partial charge >= 0.3 is 12.3 Å². The second-order valence-electron chi connectivity index (χ2n) is 4.06. The van der Waals surface area contributed by atoms with Crippen molar-refractivity contribution in [2.24, 2.45) is 16.1 Å². The molecule has 0 heterocycles. The molecule has 4 nitrogen and oxygen atoms in total. The van der Waals surface area contributed by atoms with Gasteiger partial charge in [-0.15, -0.1) is 0 Å². The molecule has 1 aliphatic carbocycles. The number of rotatable bonds is 2. The molecule has 104 valence electrons. The molecule has 0 saturated heterocycles. The number of carbonyl (C=O) groups excluding carboxylic acids is 1. The predicted molar refractivity (Wildman–Crippen MR) is 58.5 cm³/mol. The minimum atomic E-state index is -4.45. The summed E-state index contributed by atoms with van der Waals surface area (Å²) in [6.45, 7) is 1.64. The largest absolute Gasteiger partial charge is 0.452 e. The molecule has 0 aromatic heterocycles. The van der Waals surface area contributed by atoms with Crippen LogP contribution in [0.5, 0.6) is 0 Å². The highest BCUT2D eigenvalue weighted by Gasteiger charge is 2.54. The molecule has 18 heavy (non-hydrogen) atoms. The number of hydrogen-bond donors (Lipinski definition) is 0. The van der Waals surface area contributed by atoms with Crippen LogP contribution in [0.3, 0.4) is 0 Å². The first-order chi connectivity index (χ1) is 8.29. The van der Waals surface area contributed by atoms with Crippen molar-refractivity contribution in [3.05, 3.63) is 0 Å². The second kappa shape index (κ2) is 5.86. The van der Waals surface area contributed by atoms with E-state index < -0.39 is 23.2 Å². The van der Waals surface area contributed by atoms with Crippen molar-refractivity contribution >= 4 is 17.7 Å². The highest BCUT2D eigenvalue weighted by molar-refractivity contribution is 6.24. The van der Waals surface area contributed by atoms with E-state index in [0.29, 0.717) is 12.8 Å². The number of alkyl halides is 4. The zero-order valence-electron chi connectivity index (χ0n) is 9.84. The van der Waals surface area contributed by atoms with Gasteiger partial charge in [-0.1, -0.05) is 23.1 Å². The Hall–Kier alpha value is -0.850. The number of halogens is 4. The van der Waals surface area contributed by atoms with E-state index in [4.69, 9.17) is 11.6 Å². The van der Waals surface area contributed by atoms with Crippen LogP contribution in [-0.4, -0.2) is 23.9 Å². The van der Waals surface area contributed by atoms with Gasteiger partial charge in [0, 0.05) is 0 Å². The van der Waals surface area contributed by atoms with Gasteiger partial charge in [0.05, 0.1) is 12.5 Å². The molecule has 1 fully saturated rings. The lowest BCUT2D eigenvalue weighted by molar-refractivity contribution is -0.191. The molecule has 2 unspecified atom stereocenters. The van der Waals surface area contributed by atoms with Crippen LogP contribution in [0.1, 0.15) is 32.6 Å². The van der Waals surface area contributed by atoms with E-state index in [-0.39, 0.29) is 19.4 Å². The summed E-state index contributed by atoms with van der Waals surface area (Å²) in [4.78, 5) is 9.08. The Morgan fingerprint density at radius 1 is 1.50 bits per heavy atom. The Bertz CT molecular complexity index is 336. The quantitative estimate of drug-likeness (QED) is 0.432. The lowest BCUT2D eigenvalue weighted by atomic mass is 9.84. The molecule has 1 rings (SSSR count). The Morgan fingerprint density at radius 2 is 2.17 bits per heavy atom. The summed E-state index contributed by atoms with van der Waals surface area (Å²) in [5, 5.41) is 6.48. The molecule has 1 saturated carbocycles. The van der Waals surface area contributed by atoms with Crippen molar-refractivity contribution in [1.82, 2.24) is 0 Å². The standard InChI is InChI=1S/C10H14ClF3N2O2/c1-2-18-8(17)15-16-9(11)6-4-3-5-7(9)10(12,13)14/h7H,2-6H2,1H3/b16-15+. The highest BCUT2D eigenvalue weighted by atomic mass is 35.5. The third-order valence-electron chi connectivity index (χ3n) is 2.76. The van der Waals surface area contributed by atoms with E-state index in [9.17, 15) is 18.0 Å². The Balaban J connectivity index is 2.83. The summed E-state index contributed by atoms with van der Waals surface area (Å²) in [6.07, 6.45) is -4.57. The highest BCUT2D eigenvalue weighted by Crippen LogP contribution is 2.48. The van der Waals surface area contributed by atoms with E-state index >= 15 is 0 Å². The summed E-state index contributed by atoms with van der Waals surface area (Å²) in [5.41, 5.74) is 0. The molecule has 0 aliphatic heterocycles. The van der Waals surface area contributed by atoms with Gasteiger partial charge in [0.2, 0.25) is 0 Å². The maximum atomic E-state index is 12.8. The molecule has 0 aromatic carbocycles. The van der Waals surface area contributed by atoms with E-state index in [1.54, 1.807) is 6.92 Å². The van der Waals surface area contributed by atoms with Gasteiger partial charge in [-0.05, 0) is 26.2 Å². The second-order valence-corrected chi connectivity index (χ2v) is 4.71. The SMILES string of the molecule is CCOC(=O)/N=N/C1(Cl)CCCCC1C(F)(F)F. The molecule has 8 heteroatoms. The molecule has 0 radical (unpaired) electrons. The first-order valence-corrected chi connectivity index (χ1v) is 6.02. The van der Waals surface area contributed by atoms with Crippen molar-refractivity contribution in [2.75, 3.05) is 6.61 Å². The summed E-state index contributed by atoms with van der Waals surface area (Å²) in [6, 6.07) is 0. The fraction of sp³-hybridized carbons (Fsp3) is 0.900. The van der Waals surface area contributed by atoms with E-state index in [2.05, 4.69) is 15.0 Å². The first kappa shape index (κ1) is 15.2. The van der Waals surface area contributed by atoms with Crippen LogP contribution >= 0.6 is 11.6 Å². The van der Waals surface area contributed by atoms with Crippen molar-refractivity contribution in [3.8, 4) is 0 Å². The van der Waals surface area contributed by atoms with Crippen molar-refractivity contribution in [2.45, 2.75) is 43.8 Å². The topological polar surface area (TPSA) is 51.0 Å². The van der Waals surface area contributed by atoms with Crippen LogP contribution in [0, 0.1) is 5.92 Å². The zero-order valence-corrected chi connectivity index (χ0v) is 10.6. The molecule has 0 aromatic rings. The zero-order chi connectivity index (χ0) is 13.8. The summed E-state index contributed by atoms with van der Waals surface area (Å²) in [5.74, 6) is -1.78. The molecular weight excluding hydrogens is 273 g/mol. The van der Waals surface area contributed by atoms with Gasteiger partial charge in [0.1, 0.15) is 0 Å². The Morgan fingerprint density at radius 3 is 2.72 bits per heavy atom. The molecule has 1 amide bonds. The van der Waals surface area contributed by atoms with Crippen LogP contribution < -0.4 is 0 Å². The van der Waals surface area contributed by atoms with Crippen LogP contribution in [0.4, 0.5) is 18.0 Å². The van der Waals surface area contributed by atoms with Gasteiger partial charge in [-0.2, -0.15) is 18.3 Å². The van der Waals surface area contributed by atoms with Crippen LogP contribution in [0.25, 0.3) is 0 Å². The average molecular weight is 287 g/mol. The Labute approximate surface area is 108 Å². The normalized spacial score (nSPS) is 29.5. The third-order valence-corrected chi connectivity index (χ3v) is 3.29. The smallest absolute Gasteiger partial charge is 0.447 e. The lowest BCUT2D eigenvalue weighted by Crippen LogP contribution is -2.42. The summed E-state index contributed by atoms with van der Waals surface area (Å²) in [7, 11) is 0. The fourth-order valence-corrected chi connectivity index (χ4v) is 2.33. The van der Waals surface area contributed by atoms with Gasteiger partial charge < -0.3 is 4.74 Å². The third kappa shape index (κ3) is 3.83. The van der Waals surface area contributed by atoms with Crippen molar-refractivity contribution in [3.63, 3.8) is 0 Å². The first-order valence-electron chi connectivity index (χ1n) is 5.65. The number of hydrogen-bond acceptors (Lipinski definition) is 3. The molecule has 0 spiro atoms. The predicted octanol–water partition coefficient (Wildman–Crippen LogP) is 4.28. The van der Waals surface area contributed by atoms with Crippen molar-refractivity contribution in [1.29, 1.82) is 0 Å². The maximum absolute atomic E-state index is 12.8. The van der Waals surface area contributed by atoms with Crippen LogP contribution in [-0.2, 0) is 4.74 Å². The summed E-state index contributed by atoms with van der Waals surface area (Å²) >= 11 is 5.88. The number of nitrogens with zero attached hydrogens (tertiary/aromatic N) is 2. The van der Waals surface area contributed by atoms with Gasteiger partial charge in [0.25, 0.3) is 0 Å². The van der Waals surface area contributed by atoms with E-state index in [1.165, 1.54) is 0 Å². The number of carbonyl (C=O) groups is 1. The number of azo groups is 1. The number of ether oxygens (including phenoxy) is 1. The monoisotopic (exact) mass is 286 g/mol.